The first-order chi connectivity index (χ1) is 6.66. The Labute approximate surface area is 79.5 Å². The first kappa shape index (κ1) is 10.4. The lowest BCUT2D eigenvalue weighted by Gasteiger charge is -2.08. The van der Waals surface area contributed by atoms with Crippen molar-refractivity contribution in [2.24, 2.45) is 0 Å². The second-order valence-corrected chi connectivity index (χ2v) is 2.57. The standard InChI is InChI=1S/C9H8O5/c10-7(9(11)12)8(14-13)6-4-2-1-3-5-6/h1-5,8,13H,(H,11,12). The highest BCUT2D eigenvalue weighted by Crippen LogP contribution is 2.16. The molecule has 1 aromatic rings. The Balaban J connectivity index is 2.93. The van der Waals surface area contributed by atoms with Gasteiger partial charge in [0.25, 0.3) is 5.78 Å². The number of carbonyl (C=O) groups is 2. The van der Waals surface area contributed by atoms with E-state index in [0.29, 0.717) is 5.56 Å². The fourth-order valence-corrected chi connectivity index (χ4v) is 1.00. The van der Waals surface area contributed by atoms with Gasteiger partial charge in [-0.25, -0.2) is 9.68 Å². The predicted octanol–water partition coefficient (Wildman–Crippen LogP) is 0.871. The van der Waals surface area contributed by atoms with Crippen molar-refractivity contribution in [3.63, 3.8) is 0 Å². The zero-order valence-corrected chi connectivity index (χ0v) is 7.08. The minimum Gasteiger partial charge on any atom is -0.475 e. The molecule has 0 saturated heterocycles. The summed E-state index contributed by atoms with van der Waals surface area (Å²) in [5.74, 6) is -2.85. The molecular weight excluding hydrogens is 188 g/mol. The van der Waals surface area contributed by atoms with Crippen molar-refractivity contribution in [2.75, 3.05) is 0 Å². The van der Waals surface area contributed by atoms with Gasteiger partial charge < -0.3 is 5.11 Å². The third kappa shape index (κ3) is 2.15. The predicted molar refractivity (Wildman–Crippen MR) is 45.5 cm³/mol. The van der Waals surface area contributed by atoms with Crippen LogP contribution in [-0.2, 0) is 14.5 Å². The summed E-state index contributed by atoms with van der Waals surface area (Å²) in [6.07, 6.45) is -1.46. The van der Waals surface area contributed by atoms with Crippen LogP contribution in [0.5, 0.6) is 0 Å². The Morgan fingerprint density at radius 1 is 1.21 bits per heavy atom. The summed E-state index contributed by atoms with van der Waals surface area (Å²) in [7, 11) is 0. The van der Waals surface area contributed by atoms with Gasteiger partial charge in [-0.15, -0.1) is 0 Å². The van der Waals surface area contributed by atoms with E-state index in [2.05, 4.69) is 4.89 Å². The van der Waals surface area contributed by atoms with Crippen LogP contribution in [0.25, 0.3) is 0 Å². The molecule has 5 nitrogen and oxygen atoms in total. The van der Waals surface area contributed by atoms with Crippen LogP contribution in [0.3, 0.4) is 0 Å². The molecular formula is C9H8O5. The lowest BCUT2D eigenvalue weighted by atomic mass is 10.1. The summed E-state index contributed by atoms with van der Waals surface area (Å²) in [6.45, 7) is 0. The molecule has 2 N–H and O–H groups in total. The maximum Gasteiger partial charge on any atom is 0.375 e. The van der Waals surface area contributed by atoms with Gasteiger partial charge in [0.2, 0.25) is 0 Å². The molecule has 0 saturated carbocycles. The summed E-state index contributed by atoms with van der Waals surface area (Å²) >= 11 is 0. The summed E-state index contributed by atoms with van der Waals surface area (Å²) in [6, 6.07) is 7.89. The van der Waals surface area contributed by atoms with Gasteiger partial charge in [-0.2, -0.15) is 0 Å². The number of carboxylic acid groups (broad SMARTS) is 1. The lowest BCUT2D eigenvalue weighted by molar-refractivity contribution is -0.273. The maximum atomic E-state index is 11.0. The molecule has 0 aliphatic rings. The van der Waals surface area contributed by atoms with E-state index in [4.69, 9.17) is 10.4 Å². The van der Waals surface area contributed by atoms with Crippen molar-refractivity contribution in [1.82, 2.24) is 0 Å². The second-order valence-electron chi connectivity index (χ2n) is 2.57. The maximum absolute atomic E-state index is 11.0. The van der Waals surface area contributed by atoms with Crippen LogP contribution >= 0.6 is 0 Å². The molecule has 5 heteroatoms. The molecule has 0 bridgehead atoms. The molecule has 0 heterocycles. The van der Waals surface area contributed by atoms with Gasteiger partial charge in [-0.1, -0.05) is 30.3 Å². The molecule has 74 valence electrons. The van der Waals surface area contributed by atoms with E-state index in [1.807, 2.05) is 0 Å². The highest BCUT2D eigenvalue weighted by molar-refractivity contribution is 6.34. The first-order valence-corrected chi connectivity index (χ1v) is 3.79. The Kier molecular flexibility index (Phi) is 3.33. The monoisotopic (exact) mass is 196 g/mol. The van der Waals surface area contributed by atoms with Crippen molar-refractivity contribution in [1.29, 1.82) is 0 Å². The molecule has 0 aromatic heterocycles. The van der Waals surface area contributed by atoms with Crippen LogP contribution in [0.15, 0.2) is 30.3 Å². The molecule has 0 fully saturated rings. The lowest BCUT2D eigenvalue weighted by Crippen LogP contribution is -2.23. The number of rotatable bonds is 4. The summed E-state index contributed by atoms with van der Waals surface area (Å²) in [5.41, 5.74) is 0.294. The fraction of sp³-hybridized carbons (Fsp3) is 0.111. The molecule has 0 radical (unpaired) electrons. The number of aliphatic carboxylic acids is 1. The fourth-order valence-electron chi connectivity index (χ4n) is 1.00. The quantitative estimate of drug-likeness (QED) is 0.424. The normalized spacial score (nSPS) is 12.1. The third-order valence-corrected chi connectivity index (χ3v) is 1.66. The van der Waals surface area contributed by atoms with Crippen LogP contribution in [0.4, 0.5) is 0 Å². The summed E-state index contributed by atoms with van der Waals surface area (Å²) in [4.78, 5) is 25.2. The Bertz CT molecular complexity index is 332. The van der Waals surface area contributed by atoms with Gasteiger partial charge in [0.15, 0.2) is 6.10 Å². The third-order valence-electron chi connectivity index (χ3n) is 1.66. The Morgan fingerprint density at radius 3 is 2.21 bits per heavy atom. The van der Waals surface area contributed by atoms with Gasteiger partial charge in [-0.3, -0.25) is 10.1 Å². The number of benzene rings is 1. The van der Waals surface area contributed by atoms with Crippen molar-refractivity contribution in [3.8, 4) is 0 Å². The molecule has 0 amide bonds. The van der Waals surface area contributed by atoms with Gasteiger partial charge in [0, 0.05) is 0 Å². The van der Waals surface area contributed by atoms with Crippen molar-refractivity contribution < 1.29 is 24.8 Å². The number of hydrogen-bond donors (Lipinski definition) is 2. The number of carboxylic acids is 1. The average Bonchev–Trinajstić information content (AvgIpc) is 2.20. The van der Waals surface area contributed by atoms with E-state index in [9.17, 15) is 9.59 Å². The van der Waals surface area contributed by atoms with Crippen LogP contribution in [-0.4, -0.2) is 22.1 Å². The summed E-state index contributed by atoms with van der Waals surface area (Å²) < 4.78 is 0. The highest BCUT2D eigenvalue weighted by atomic mass is 17.1. The summed E-state index contributed by atoms with van der Waals surface area (Å²) in [5, 5.41) is 16.8. The van der Waals surface area contributed by atoms with Crippen molar-refractivity contribution in [3.05, 3.63) is 35.9 Å². The molecule has 0 spiro atoms. The van der Waals surface area contributed by atoms with E-state index in [1.54, 1.807) is 18.2 Å². The smallest absolute Gasteiger partial charge is 0.375 e. The molecule has 1 unspecified atom stereocenters. The SMILES string of the molecule is O=C(O)C(=O)C(OO)c1ccccc1. The van der Waals surface area contributed by atoms with E-state index < -0.39 is 17.9 Å². The van der Waals surface area contributed by atoms with Gasteiger partial charge in [0.05, 0.1) is 0 Å². The van der Waals surface area contributed by atoms with Crippen LogP contribution in [0, 0.1) is 0 Å². The largest absolute Gasteiger partial charge is 0.475 e. The molecule has 1 atom stereocenters. The average molecular weight is 196 g/mol. The Morgan fingerprint density at radius 2 is 1.79 bits per heavy atom. The van der Waals surface area contributed by atoms with E-state index in [-0.39, 0.29) is 0 Å². The van der Waals surface area contributed by atoms with Crippen LogP contribution < -0.4 is 0 Å². The minimum absolute atomic E-state index is 0.294. The van der Waals surface area contributed by atoms with Gasteiger partial charge in [-0.05, 0) is 5.56 Å². The van der Waals surface area contributed by atoms with E-state index >= 15 is 0 Å². The van der Waals surface area contributed by atoms with Gasteiger partial charge >= 0.3 is 5.97 Å². The number of ketones is 1. The van der Waals surface area contributed by atoms with Crippen LogP contribution in [0.2, 0.25) is 0 Å². The number of hydrogen-bond acceptors (Lipinski definition) is 4. The zero-order chi connectivity index (χ0) is 10.6. The molecule has 0 aliphatic heterocycles. The molecule has 1 aromatic carbocycles. The van der Waals surface area contributed by atoms with Crippen LogP contribution in [0.1, 0.15) is 11.7 Å². The number of carbonyl (C=O) groups excluding carboxylic acids is 1. The topological polar surface area (TPSA) is 83.8 Å². The van der Waals surface area contributed by atoms with Gasteiger partial charge in [0.1, 0.15) is 0 Å². The zero-order valence-electron chi connectivity index (χ0n) is 7.08. The molecule has 14 heavy (non-hydrogen) atoms. The van der Waals surface area contributed by atoms with Crippen molar-refractivity contribution in [2.45, 2.75) is 6.10 Å². The number of Topliss-reactive ketones (excluding diaryl/α,β-unsaturated/α-hetero) is 1. The molecule has 1 rings (SSSR count). The first-order valence-electron chi connectivity index (χ1n) is 3.79. The minimum atomic E-state index is -1.65. The molecule has 0 aliphatic carbocycles. The van der Waals surface area contributed by atoms with Crippen molar-refractivity contribution >= 4 is 11.8 Å². The highest BCUT2D eigenvalue weighted by Gasteiger charge is 2.27. The Hall–Kier alpha value is -1.72. The van der Waals surface area contributed by atoms with E-state index in [0.717, 1.165) is 0 Å². The van der Waals surface area contributed by atoms with E-state index in [1.165, 1.54) is 12.1 Å². The second kappa shape index (κ2) is 4.50.